The van der Waals surface area contributed by atoms with E-state index in [0.29, 0.717) is 5.02 Å². The van der Waals surface area contributed by atoms with Crippen molar-refractivity contribution < 1.29 is 14.3 Å². The third kappa shape index (κ3) is 4.93. The monoisotopic (exact) mass is 372 g/mol. The van der Waals surface area contributed by atoms with Crippen molar-refractivity contribution in [2.45, 2.75) is 6.54 Å². The zero-order valence-electron chi connectivity index (χ0n) is 11.9. The number of carbonyl (C=O) groups excluding carboxylic acids is 2. The highest BCUT2D eigenvalue weighted by molar-refractivity contribution is 6.36. The number of halogens is 2. The predicted octanol–water partition coefficient (Wildman–Crippen LogP) is 0.420. The summed E-state index contributed by atoms with van der Waals surface area (Å²) in [5.74, 6) is -1.44. The topological polar surface area (TPSA) is 123 Å². The number of rotatable bonds is 5. The molecule has 0 saturated carbocycles. The summed E-state index contributed by atoms with van der Waals surface area (Å²) in [5, 5.41) is 2.77. The molecule has 11 heteroatoms. The van der Waals surface area contributed by atoms with Crippen LogP contribution < -0.4 is 16.6 Å². The average molecular weight is 373 g/mol. The van der Waals surface area contributed by atoms with Gasteiger partial charge in [-0.05, 0) is 6.07 Å². The maximum atomic E-state index is 11.7. The molecular formula is C13H10Cl2N4O5. The van der Waals surface area contributed by atoms with Crippen LogP contribution in [0.4, 0.5) is 5.82 Å². The first-order valence-corrected chi connectivity index (χ1v) is 7.17. The molecule has 0 unspecified atom stereocenters. The maximum absolute atomic E-state index is 11.7. The Kier molecular flexibility index (Phi) is 5.72. The molecule has 2 N–H and O–H groups in total. The number of aromatic nitrogens is 3. The molecule has 0 aliphatic heterocycles. The molecule has 24 heavy (non-hydrogen) atoms. The maximum Gasteiger partial charge on any atom is 0.328 e. The van der Waals surface area contributed by atoms with Crippen LogP contribution in [0.15, 0.2) is 34.1 Å². The molecule has 2 aromatic heterocycles. The van der Waals surface area contributed by atoms with Gasteiger partial charge >= 0.3 is 11.7 Å². The molecule has 0 fully saturated rings. The van der Waals surface area contributed by atoms with Gasteiger partial charge in [-0.1, -0.05) is 23.2 Å². The van der Waals surface area contributed by atoms with Crippen molar-refractivity contribution >= 4 is 40.9 Å². The second-order valence-electron chi connectivity index (χ2n) is 4.43. The molecule has 0 radical (unpaired) electrons. The standard InChI is InChI=1S/C13H10Cl2N4O5/c14-7-3-8(15)12(16-4-7)17-10(21)6-24-11(22)5-19-2-1-9(20)18-13(19)23/h1-4H,5-6H2,(H,16,17,21)(H,18,20,23). The fraction of sp³-hybridized carbons (Fsp3) is 0.154. The van der Waals surface area contributed by atoms with Crippen molar-refractivity contribution in [1.29, 1.82) is 0 Å². The lowest BCUT2D eigenvalue weighted by Crippen LogP contribution is -2.32. The summed E-state index contributed by atoms with van der Waals surface area (Å²) in [4.78, 5) is 51.4. The van der Waals surface area contributed by atoms with E-state index in [9.17, 15) is 19.2 Å². The van der Waals surface area contributed by atoms with Crippen LogP contribution in [0.25, 0.3) is 0 Å². The number of anilines is 1. The van der Waals surface area contributed by atoms with E-state index < -0.39 is 36.3 Å². The van der Waals surface area contributed by atoms with Crippen LogP contribution in [0.1, 0.15) is 0 Å². The number of aromatic amines is 1. The van der Waals surface area contributed by atoms with Crippen molar-refractivity contribution in [1.82, 2.24) is 14.5 Å². The number of ether oxygens (including phenoxy) is 1. The third-order valence-electron chi connectivity index (χ3n) is 2.63. The highest BCUT2D eigenvalue weighted by atomic mass is 35.5. The summed E-state index contributed by atoms with van der Waals surface area (Å²) in [6.07, 6.45) is 2.43. The molecule has 126 valence electrons. The fourth-order valence-corrected chi connectivity index (χ4v) is 2.00. The van der Waals surface area contributed by atoms with Gasteiger partial charge in [-0.25, -0.2) is 9.78 Å². The predicted molar refractivity (Wildman–Crippen MR) is 85.2 cm³/mol. The van der Waals surface area contributed by atoms with E-state index in [1.54, 1.807) is 0 Å². The Labute approximate surface area is 144 Å². The molecule has 2 heterocycles. The van der Waals surface area contributed by atoms with Crippen LogP contribution in [0.3, 0.4) is 0 Å². The molecule has 0 spiro atoms. The van der Waals surface area contributed by atoms with E-state index in [4.69, 9.17) is 27.9 Å². The minimum atomic E-state index is -0.838. The molecule has 2 rings (SSSR count). The minimum Gasteiger partial charge on any atom is -0.454 e. The van der Waals surface area contributed by atoms with E-state index in [-0.39, 0.29) is 10.8 Å². The van der Waals surface area contributed by atoms with Gasteiger partial charge in [0.2, 0.25) is 0 Å². The molecule has 0 aliphatic rings. The van der Waals surface area contributed by atoms with Crippen molar-refractivity contribution in [3.05, 3.63) is 55.4 Å². The lowest BCUT2D eigenvalue weighted by molar-refractivity contribution is -0.148. The smallest absolute Gasteiger partial charge is 0.328 e. The number of hydrogen-bond acceptors (Lipinski definition) is 6. The Morgan fingerprint density at radius 3 is 2.75 bits per heavy atom. The van der Waals surface area contributed by atoms with E-state index in [1.165, 1.54) is 12.3 Å². The molecule has 1 amide bonds. The first kappa shape index (κ1) is 17.7. The van der Waals surface area contributed by atoms with E-state index in [1.807, 2.05) is 4.98 Å². The molecule has 0 aromatic carbocycles. The minimum absolute atomic E-state index is 0.0685. The number of hydrogen-bond donors (Lipinski definition) is 2. The first-order valence-electron chi connectivity index (χ1n) is 6.41. The van der Waals surface area contributed by atoms with Crippen LogP contribution in [0.5, 0.6) is 0 Å². The fourth-order valence-electron chi connectivity index (χ4n) is 1.57. The van der Waals surface area contributed by atoms with Crippen molar-refractivity contribution in [2.75, 3.05) is 11.9 Å². The van der Waals surface area contributed by atoms with E-state index in [0.717, 1.165) is 16.8 Å². The SMILES string of the molecule is O=C(COC(=O)Cn1ccc(=O)[nH]c1=O)Nc1ncc(Cl)cc1Cl. The summed E-state index contributed by atoms with van der Waals surface area (Å²) in [6.45, 7) is -1.06. The highest BCUT2D eigenvalue weighted by Crippen LogP contribution is 2.22. The zero-order chi connectivity index (χ0) is 17.7. The Hall–Kier alpha value is -2.65. The summed E-state index contributed by atoms with van der Waals surface area (Å²) >= 11 is 11.5. The van der Waals surface area contributed by atoms with Gasteiger partial charge in [0, 0.05) is 18.5 Å². The quantitative estimate of drug-likeness (QED) is 0.733. The van der Waals surface area contributed by atoms with Gasteiger partial charge in [-0.3, -0.25) is 23.9 Å². The molecule has 0 saturated heterocycles. The Morgan fingerprint density at radius 1 is 1.33 bits per heavy atom. The molecule has 9 nitrogen and oxygen atoms in total. The second kappa shape index (κ2) is 7.75. The number of esters is 1. The Morgan fingerprint density at radius 2 is 2.08 bits per heavy atom. The van der Waals surface area contributed by atoms with Crippen LogP contribution >= 0.6 is 23.2 Å². The lowest BCUT2D eigenvalue weighted by Gasteiger charge is -2.08. The number of nitrogens with zero attached hydrogens (tertiary/aromatic N) is 2. The van der Waals surface area contributed by atoms with Crippen molar-refractivity contribution in [2.24, 2.45) is 0 Å². The third-order valence-corrected chi connectivity index (χ3v) is 3.12. The summed E-state index contributed by atoms with van der Waals surface area (Å²) in [5.41, 5.74) is -1.35. The van der Waals surface area contributed by atoms with Crippen LogP contribution in [0.2, 0.25) is 10.0 Å². The largest absolute Gasteiger partial charge is 0.454 e. The van der Waals surface area contributed by atoms with Crippen LogP contribution in [0, 0.1) is 0 Å². The molecule has 0 bridgehead atoms. The van der Waals surface area contributed by atoms with Gasteiger partial charge in [0.15, 0.2) is 12.4 Å². The van der Waals surface area contributed by atoms with E-state index >= 15 is 0 Å². The number of carbonyl (C=O) groups is 2. The number of nitrogens with one attached hydrogen (secondary N) is 2. The van der Waals surface area contributed by atoms with Gasteiger partial charge in [-0.15, -0.1) is 0 Å². The lowest BCUT2D eigenvalue weighted by atomic mass is 10.4. The average Bonchev–Trinajstić information content (AvgIpc) is 2.51. The van der Waals surface area contributed by atoms with E-state index in [2.05, 4.69) is 10.3 Å². The number of H-pyrrole nitrogens is 1. The van der Waals surface area contributed by atoms with Gasteiger partial charge in [0.1, 0.15) is 6.54 Å². The summed E-state index contributed by atoms with van der Waals surface area (Å²) in [6, 6.07) is 2.47. The van der Waals surface area contributed by atoms with Crippen LogP contribution in [-0.4, -0.2) is 33.0 Å². The second-order valence-corrected chi connectivity index (χ2v) is 5.27. The Balaban J connectivity index is 1.88. The van der Waals surface area contributed by atoms with Gasteiger partial charge in [-0.2, -0.15) is 0 Å². The molecular weight excluding hydrogens is 363 g/mol. The van der Waals surface area contributed by atoms with Crippen molar-refractivity contribution in [3.8, 4) is 0 Å². The normalized spacial score (nSPS) is 10.2. The van der Waals surface area contributed by atoms with Gasteiger partial charge in [0.05, 0.1) is 10.0 Å². The van der Waals surface area contributed by atoms with Gasteiger partial charge < -0.3 is 10.1 Å². The van der Waals surface area contributed by atoms with Crippen LogP contribution in [-0.2, 0) is 20.9 Å². The Bertz CT molecular complexity index is 892. The number of pyridine rings is 1. The summed E-state index contributed by atoms with van der Waals surface area (Å²) in [7, 11) is 0. The van der Waals surface area contributed by atoms with Gasteiger partial charge in [0.25, 0.3) is 11.5 Å². The summed E-state index contributed by atoms with van der Waals surface area (Å²) < 4.78 is 5.66. The number of amides is 1. The zero-order valence-corrected chi connectivity index (χ0v) is 13.4. The highest BCUT2D eigenvalue weighted by Gasteiger charge is 2.12. The molecule has 0 aliphatic carbocycles. The molecule has 2 aromatic rings. The molecule has 0 atom stereocenters. The van der Waals surface area contributed by atoms with Crippen molar-refractivity contribution in [3.63, 3.8) is 0 Å². The first-order chi connectivity index (χ1) is 11.3.